The van der Waals surface area contributed by atoms with Crippen LogP contribution in [0.2, 0.25) is 0 Å². The van der Waals surface area contributed by atoms with Gasteiger partial charge in [0.15, 0.2) is 0 Å². The maximum Gasteiger partial charge on any atom is 0.315 e. The molecule has 0 unspecified atom stereocenters. The van der Waals surface area contributed by atoms with Gasteiger partial charge in [0.2, 0.25) is 0 Å². The molecular weight excluding hydrogens is 244 g/mol. The molecule has 2 rings (SSSR count). The van der Waals surface area contributed by atoms with Crippen LogP contribution in [-0.2, 0) is 11.2 Å². The molecule has 0 fully saturated rings. The Labute approximate surface area is 113 Å². The van der Waals surface area contributed by atoms with Crippen molar-refractivity contribution in [2.45, 2.75) is 18.9 Å². The summed E-state index contributed by atoms with van der Waals surface area (Å²) in [5, 5.41) is 5.72. The standard InChI is InChI=1S/C14H20N2O3/c1-18-8-4-7-15-14(17)16-12-9-11-5-2-3-6-13(11)19-10-12/h2-3,5-6,12H,4,7-10H2,1H3,(H2,15,16,17)/t12-/m1/s1. The predicted molar refractivity (Wildman–Crippen MR) is 72.5 cm³/mol. The van der Waals surface area contributed by atoms with Crippen LogP contribution in [0, 0.1) is 0 Å². The quantitative estimate of drug-likeness (QED) is 0.789. The predicted octanol–water partition coefficient (Wildman–Crippen LogP) is 1.33. The minimum absolute atomic E-state index is 0.0253. The number of amides is 2. The van der Waals surface area contributed by atoms with Gasteiger partial charge in [0, 0.05) is 20.3 Å². The normalized spacial score (nSPS) is 17.2. The third-order valence-electron chi connectivity index (χ3n) is 3.02. The van der Waals surface area contributed by atoms with Crippen LogP contribution in [0.5, 0.6) is 5.75 Å². The Morgan fingerprint density at radius 3 is 3.16 bits per heavy atom. The van der Waals surface area contributed by atoms with E-state index < -0.39 is 0 Å². The molecule has 0 aromatic heterocycles. The van der Waals surface area contributed by atoms with E-state index >= 15 is 0 Å². The van der Waals surface area contributed by atoms with Crippen molar-refractivity contribution in [3.05, 3.63) is 29.8 Å². The number of carbonyl (C=O) groups is 1. The summed E-state index contributed by atoms with van der Waals surface area (Å²) in [6, 6.07) is 7.79. The first-order valence-electron chi connectivity index (χ1n) is 6.53. The topological polar surface area (TPSA) is 59.6 Å². The molecule has 1 aliphatic heterocycles. The number of methoxy groups -OCH3 is 1. The summed E-state index contributed by atoms with van der Waals surface area (Å²) in [7, 11) is 1.65. The van der Waals surface area contributed by atoms with E-state index in [1.165, 1.54) is 0 Å². The van der Waals surface area contributed by atoms with Crippen molar-refractivity contribution in [3.63, 3.8) is 0 Å². The van der Waals surface area contributed by atoms with Gasteiger partial charge in [-0.05, 0) is 24.5 Å². The zero-order valence-corrected chi connectivity index (χ0v) is 11.1. The first-order valence-corrected chi connectivity index (χ1v) is 6.53. The molecule has 1 aliphatic rings. The highest BCUT2D eigenvalue weighted by molar-refractivity contribution is 5.74. The summed E-state index contributed by atoms with van der Waals surface area (Å²) >= 11 is 0. The average Bonchev–Trinajstić information content (AvgIpc) is 2.43. The summed E-state index contributed by atoms with van der Waals surface area (Å²) in [4.78, 5) is 11.7. The van der Waals surface area contributed by atoms with Crippen molar-refractivity contribution in [2.24, 2.45) is 0 Å². The van der Waals surface area contributed by atoms with E-state index in [4.69, 9.17) is 9.47 Å². The van der Waals surface area contributed by atoms with E-state index in [2.05, 4.69) is 10.6 Å². The van der Waals surface area contributed by atoms with Gasteiger partial charge >= 0.3 is 6.03 Å². The Bertz CT molecular complexity index is 423. The van der Waals surface area contributed by atoms with Gasteiger partial charge in [-0.1, -0.05) is 18.2 Å². The maximum atomic E-state index is 11.7. The van der Waals surface area contributed by atoms with Crippen LogP contribution in [0.25, 0.3) is 0 Å². The number of nitrogens with one attached hydrogen (secondary N) is 2. The molecule has 1 atom stereocenters. The minimum atomic E-state index is -0.149. The number of carbonyl (C=O) groups excluding carboxylic acids is 1. The van der Waals surface area contributed by atoms with Gasteiger partial charge in [0.25, 0.3) is 0 Å². The van der Waals surface area contributed by atoms with Crippen molar-refractivity contribution in [2.75, 3.05) is 26.9 Å². The number of fused-ring (bicyclic) bond motifs is 1. The zero-order chi connectivity index (χ0) is 13.5. The molecule has 0 spiro atoms. The van der Waals surface area contributed by atoms with E-state index in [1.807, 2.05) is 24.3 Å². The molecule has 2 N–H and O–H groups in total. The van der Waals surface area contributed by atoms with Crippen LogP contribution in [-0.4, -0.2) is 38.9 Å². The molecule has 0 saturated heterocycles. The summed E-state index contributed by atoms with van der Waals surface area (Å²) in [6.07, 6.45) is 1.62. The van der Waals surface area contributed by atoms with Crippen LogP contribution in [0.3, 0.4) is 0 Å². The second-order valence-corrected chi connectivity index (χ2v) is 4.57. The molecule has 5 nitrogen and oxygen atoms in total. The molecule has 2 amide bonds. The maximum absolute atomic E-state index is 11.7. The van der Waals surface area contributed by atoms with Crippen molar-refractivity contribution in [1.29, 1.82) is 0 Å². The van der Waals surface area contributed by atoms with Crippen LogP contribution >= 0.6 is 0 Å². The number of rotatable bonds is 5. The second kappa shape index (κ2) is 6.99. The molecule has 5 heteroatoms. The smallest absolute Gasteiger partial charge is 0.315 e. The number of ether oxygens (including phenoxy) is 2. The van der Waals surface area contributed by atoms with Crippen LogP contribution in [0.4, 0.5) is 4.79 Å². The Hall–Kier alpha value is -1.75. The number of urea groups is 1. The Morgan fingerprint density at radius 2 is 2.32 bits per heavy atom. The Morgan fingerprint density at radius 1 is 1.47 bits per heavy atom. The molecule has 104 valence electrons. The van der Waals surface area contributed by atoms with Crippen molar-refractivity contribution < 1.29 is 14.3 Å². The fourth-order valence-corrected chi connectivity index (χ4v) is 2.08. The molecule has 0 radical (unpaired) electrons. The monoisotopic (exact) mass is 264 g/mol. The van der Waals surface area contributed by atoms with E-state index in [1.54, 1.807) is 7.11 Å². The molecule has 1 aromatic carbocycles. The average molecular weight is 264 g/mol. The van der Waals surface area contributed by atoms with Crippen molar-refractivity contribution in [1.82, 2.24) is 10.6 Å². The summed E-state index contributed by atoms with van der Waals surface area (Å²) in [5.41, 5.74) is 1.14. The minimum Gasteiger partial charge on any atom is -0.491 e. The molecule has 1 heterocycles. The van der Waals surface area contributed by atoms with E-state index in [0.717, 1.165) is 24.2 Å². The van der Waals surface area contributed by atoms with Gasteiger partial charge in [0.05, 0.1) is 6.04 Å². The summed E-state index contributed by atoms with van der Waals surface area (Å²) in [5.74, 6) is 0.918. The SMILES string of the molecule is COCCCNC(=O)N[C@H]1COc2ccccc2C1. The lowest BCUT2D eigenvalue weighted by Gasteiger charge is -2.26. The first kappa shape index (κ1) is 13.7. The number of hydrogen-bond acceptors (Lipinski definition) is 3. The molecule has 1 aromatic rings. The molecular formula is C14H20N2O3. The second-order valence-electron chi connectivity index (χ2n) is 4.57. The molecule has 19 heavy (non-hydrogen) atoms. The lowest BCUT2D eigenvalue weighted by atomic mass is 10.0. The van der Waals surface area contributed by atoms with Gasteiger partial charge in [-0.2, -0.15) is 0 Å². The van der Waals surface area contributed by atoms with Gasteiger partial charge in [-0.3, -0.25) is 0 Å². The van der Waals surface area contributed by atoms with Gasteiger partial charge in [-0.25, -0.2) is 4.79 Å². The van der Waals surface area contributed by atoms with Gasteiger partial charge in [0.1, 0.15) is 12.4 Å². The van der Waals surface area contributed by atoms with E-state index in [-0.39, 0.29) is 12.1 Å². The van der Waals surface area contributed by atoms with Crippen molar-refractivity contribution in [3.8, 4) is 5.75 Å². The van der Waals surface area contributed by atoms with Crippen LogP contribution < -0.4 is 15.4 Å². The highest BCUT2D eigenvalue weighted by Gasteiger charge is 2.20. The van der Waals surface area contributed by atoms with Crippen molar-refractivity contribution >= 4 is 6.03 Å². The van der Waals surface area contributed by atoms with E-state index in [9.17, 15) is 4.79 Å². The Balaban J connectivity index is 1.74. The number of hydrogen-bond donors (Lipinski definition) is 2. The van der Waals surface area contributed by atoms with Crippen LogP contribution in [0.15, 0.2) is 24.3 Å². The molecule has 0 saturated carbocycles. The third-order valence-corrected chi connectivity index (χ3v) is 3.02. The zero-order valence-electron chi connectivity index (χ0n) is 11.1. The largest absolute Gasteiger partial charge is 0.491 e. The number of para-hydroxylation sites is 1. The summed E-state index contributed by atoms with van der Waals surface area (Å²) in [6.45, 7) is 1.78. The van der Waals surface area contributed by atoms with Gasteiger partial charge < -0.3 is 20.1 Å². The Kier molecular flexibility index (Phi) is 5.03. The first-order chi connectivity index (χ1) is 9.29. The fraction of sp³-hybridized carbons (Fsp3) is 0.500. The number of benzene rings is 1. The molecule has 0 aliphatic carbocycles. The highest BCUT2D eigenvalue weighted by Crippen LogP contribution is 2.23. The third kappa shape index (κ3) is 4.13. The lowest BCUT2D eigenvalue weighted by molar-refractivity contribution is 0.191. The molecule has 0 bridgehead atoms. The fourth-order valence-electron chi connectivity index (χ4n) is 2.08. The van der Waals surface area contributed by atoms with E-state index in [0.29, 0.717) is 19.8 Å². The van der Waals surface area contributed by atoms with Gasteiger partial charge in [-0.15, -0.1) is 0 Å². The van der Waals surface area contributed by atoms with Crippen LogP contribution in [0.1, 0.15) is 12.0 Å². The highest BCUT2D eigenvalue weighted by atomic mass is 16.5. The summed E-state index contributed by atoms with van der Waals surface area (Å²) < 4.78 is 10.5. The lowest BCUT2D eigenvalue weighted by Crippen LogP contribution is -2.47.